The summed E-state index contributed by atoms with van der Waals surface area (Å²) in [4.78, 5) is 0. The smallest absolute Gasteiger partial charge is 0.384 e. The lowest BCUT2D eigenvalue weighted by Crippen LogP contribution is -2.57. The average Bonchev–Trinajstić information content (AvgIpc) is 2.23. The van der Waals surface area contributed by atoms with Crippen molar-refractivity contribution < 1.29 is 35.8 Å². The Bertz CT molecular complexity index is 435. The maximum absolute atomic E-state index is 13.5. The molecule has 1 nitrogen and oxygen atoms in total. The minimum absolute atomic E-state index is 0.295. The summed E-state index contributed by atoms with van der Waals surface area (Å²) in [7, 11) is 0. The second-order valence-electron chi connectivity index (χ2n) is 4.02. The van der Waals surface area contributed by atoms with Gasteiger partial charge in [-0.25, -0.2) is 4.39 Å². The van der Waals surface area contributed by atoms with Crippen LogP contribution in [0.4, 0.5) is 30.7 Å². The van der Waals surface area contributed by atoms with Gasteiger partial charge in [0, 0.05) is 0 Å². The Balaban J connectivity index is 3.36. The molecule has 0 heterocycles. The summed E-state index contributed by atoms with van der Waals surface area (Å²) < 4.78 is 87.8. The van der Waals surface area contributed by atoms with E-state index in [4.69, 9.17) is 0 Å². The third kappa shape index (κ3) is 2.68. The molecule has 1 atom stereocenters. The van der Waals surface area contributed by atoms with Crippen LogP contribution in [0.1, 0.15) is 17.2 Å². The van der Waals surface area contributed by atoms with E-state index in [9.17, 15) is 35.8 Å². The zero-order valence-corrected chi connectivity index (χ0v) is 9.48. The molecule has 0 radical (unpaired) electrons. The molecule has 0 aliphatic rings. The monoisotopic (exact) mass is 290 g/mol. The van der Waals surface area contributed by atoms with E-state index in [1.807, 2.05) is 0 Å². The van der Waals surface area contributed by atoms with E-state index in [0.29, 0.717) is 5.56 Å². The molecule has 1 rings (SSSR count). The predicted molar refractivity (Wildman–Crippen MR) is 52.1 cm³/mol. The molecule has 0 spiro atoms. The minimum Gasteiger partial charge on any atom is -0.384 e. The quantitative estimate of drug-likeness (QED) is 0.820. The van der Waals surface area contributed by atoms with Crippen LogP contribution in [-0.4, -0.2) is 23.1 Å². The van der Waals surface area contributed by atoms with Crippen molar-refractivity contribution in [3.05, 3.63) is 35.4 Å². The van der Waals surface area contributed by atoms with Gasteiger partial charge in [0.15, 0.2) is 0 Å². The molecule has 1 aromatic carbocycles. The van der Waals surface area contributed by atoms with Crippen molar-refractivity contribution in [2.75, 3.05) is 0 Å². The molecule has 0 saturated heterocycles. The summed E-state index contributed by atoms with van der Waals surface area (Å²) in [6.45, 7) is 1.39. The summed E-state index contributed by atoms with van der Waals surface area (Å²) >= 11 is 0. The number of hydrogen-bond donors (Lipinski definition) is 1. The average molecular weight is 290 g/mol. The van der Waals surface area contributed by atoms with Crippen LogP contribution >= 0.6 is 0 Å². The van der Waals surface area contributed by atoms with Crippen LogP contribution in [-0.2, 0) is 0 Å². The third-order valence-electron chi connectivity index (χ3n) is 2.56. The van der Waals surface area contributed by atoms with Gasteiger partial charge in [-0.1, -0.05) is 29.8 Å². The van der Waals surface area contributed by atoms with Crippen LogP contribution in [0.25, 0.3) is 0 Å². The normalized spacial score (nSPS) is 15.4. The van der Waals surface area contributed by atoms with Gasteiger partial charge in [0.1, 0.15) is 6.10 Å². The van der Waals surface area contributed by atoms with Crippen LogP contribution in [0.2, 0.25) is 0 Å². The Hall–Kier alpha value is -1.31. The Labute approximate surface area is 103 Å². The zero-order chi connectivity index (χ0) is 15.1. The summed E-state index contributed by atoms with van der Waals surface area (Å²) in [5, 5.41) is 9.22. The predicted octanol–water partition coefficient (Wildman–Crippen LogP) is 3.86. The molecule has 1 aromatic rings. The van der Waals surface area contributed by atoms with Gasteiger partial charge < -0.3 is 5.11 Å². The molecule has 19 heavy (non-hydrogen) atoms. The number of benzene rings is 1. The fourth-order valence-electron chi connectivity index (χ4n) is 1.54. The summed E-state index contributed by atoms with van der Waals surface area (Å²) in [6.07, 6.45) is -15.9. The topological polar surface area (TPSA) is 20.2 Å². The number of aliphatic hydroxyl groups excluding tert-OH is 1. The number of rotatable bonds is 2. The van der Waals surface area contributed by atoms with Gasteiger partial charge in [0.25, 0.3) is 0 Å². The van der Waals surface area contributed by atoms with E-state index >= 15 is 0 Å². The molecular formula is C11H9F7O. The fraction of sp³-hybridized carbons (Fsp3) is 0.455. The molecule has 0 aromatic heterocycles. The molecule has 0 fully saturated rings. The van der Waals surface area contributed by atoms with Crippen molar-refractivity contribution in [3.8, 4) is 0 Å². The highest BCUT2D eigenvalue weighted by molar-refractivity contribution is 5.27. The lowest BCUT2D eigenvalue weighted by molar-refractivity contribution is -0.366. The summed E-state index contributed by atoms with van der Waals surface area (Å²) in [5.41, 5.74) is -6.21. The van der Waals surface area contributed by atoms with Crippen LogP contribution < -0.4 is 0 Å². The van der Waals surface area contributed by atoms with E-state index < -0.39 is 29.7 Å². The largest absolute Gasteiger partial charge is 0.434 e. The van der Waals surface area contributed by atoms with Crippen LogP contribution in [0.3, 0.4) is 0 Å². The number of halogens is 7. The van der Waals surface area contributed by atoms with E-state index in [1.165, 1.54) is 13.0 Å². The highest BCUT2D eigenvalue weighted by atomic mass is 19.4. The first-order chi connectivity index (χ1) is 8.41. The Kier molecular flexibility index (Phi) is 3.86. The van der Waals surface area contributed by atoms with Crippen LogP contribution in [0, 0.1) is 6.92 Å². The summed E-state index contributed by atoms with van der Waals surface area (Å²) in [5.74, 6) is 0. The van der Waals surface area contributed by atoms with E-state index in [2.05, 4.69) is 0 Å². The van der Waals surface area contributed by atoms with Crippen molar-refractivity contribution in [3.63, 3.8) is 0 Å². The summed E-state index contributed by atoms with van der Waals surface area (Å²) in [6, 6.07) is 4.16. The molecular weight excluding hydrogens is 281 g/mol. The van der Waals surface area contributed by atoms with Gasteiger partial charge in [-0.05, 0) is 12.5 Å². The molecule has 8 heteroatoms. The Morgan fingerprint density at radius 2 is 1.42 bits per heavy atom. The third-order valence-corrected chi connectivity index (χ3v) is 2.56. The first kappa shape index (κ1) is 15.7. The van der Waals surface area contributed by atoms with Crippen molar-refractivity contribution >= 4 is 0 Å². The molecule has 1 unspecified atom stereocenters. The lowest BCUT2D eigenvalue weighted by Gasteiger charge is -2.34. The van der Waals surface area contributed by atoms with Gasteiger partial charge in [-0.2, -0.15) is 26.3 Å². The number of hydrogen-bond acceptors (Lipinski definition) is 1. The van der Waals surface area contributed by atoms with Crippen LogP contribution in [0.5, 0.6) is 0 Å². The molecule has 0 bridgehead atoms. The number of aliphatic hydroxyl groups is 1. The van der Waals surface area contributed by atoms with Gasteiger partial charge in [-0.15, -0.1) is 0 Å². The maximum Gasteiger partial charge on any atom is 0.434 e. The second kappa shape index (κ2) is 4.66. The van der Waals surface area contributed by atoms with Crippen molar-refractivity contribution in [2.24, 2.45) is 0 Å². The van der Waals surface area contributed by atoms with Crippen LogP contribution in [0.15, 0.2) is 24.3 Å². The van der Waals surface area contributed by atoms with Crippen molar-refractivity contribution in [1.82, 2.24) is 0 Å². The lowest BCUT2D eigenvalue weighted by atomic mass is 9.90. The maximum atomic E-state index is 13.5. The fourth-order valence-corrected chi connectivity index (χ4v) is 1.54. The molecule has 108 valence electrons. The Morgan fingerprint density at radius 1 is 0.947 bits per heavy atom. The molecule has 0 aliphatic heterocycles. The Morgan fingerprint density at radius 3 is 1.79 bits per heavy atom. The molecule has 0 amide bonds. The second-order valence-corrected chi connectivity index (χ2v) is 4.02. The highest BCUT2D eigenvalue weighted by Crippen LogP contribution is 2.52. The van der Waals surface area contributed by atoms with E-state index in [1.54, 1.807) is 0 Å². The SMILES string of the molecule is Cc1cccc(C(O)C(F)(C(F)(F)F)C(F)(F)F)c1. The highest BCUT2D eigenvalue weighted by Gasteiger charge is 2.76. The molecule has 0 aliphatic carbocycles. The molecule has 1 N–H and O–H groups in total. The standard InChI is InChI=1S/C11H9F7O/c1-6-3-2-4-7(5-6)8(19)9(12,10(13,14)15)11(16,17)18/h2-5,8,19H,1H3. The number of alkyl halides is 7. The van der Waals surface area contributed by atoms with Gasteiger partial charge in [0.05, 0.1) is 0 Å². The van der Waals surface area contributed by atoms with E-state index in [0.717, 1.165) is 18.2 Å². The van der Waals surface area contributed by atoms with E-state index in [-0.39, 0.29) is 0 Å². The minimum atomic E-state index is -6.28. The zero-order valence-electron chi connectivity index (χ0n) is 9.48. The van der Waals surface area contributed by atoms with Gasteiger partial charge >= 0.3 is 18.0 Å². The molecule has 0 saturated carbocycles. The first-order valence-electron chi connectivity index (χ1n) is 4.98. The number of aryl methyl sites for hydroxylation is 1. The van der Waals surface area contributed by atoms with Crippen molar-refractivity contribution in [1.29, 1.82) is 0 Å². The van der Waals surface area contributed by atoms with Gasteiger partial charge in [-0.3, -0.25) is 0 Å². The van der Waals surface area contributed by atoms with Gasteiger partial charge in [0.2, 0.25) is 0 Å². The first-order valence-corrected chi connectivity index (χ1v) is 4.98. The van der Waals surface area contributed by atoms with Crippen molar-refractivity contribution in [2.45, 2.75) is 31.0 Å².